The Bertz CT molecular complexity index is 500. The maximum atomic E-state index is 9.74. The van der Waals surface area contributed by atoms with E-state index in [9.17, 15) is 30.6 Å². The molecule has 9 unspecified atom stereocenters. The van der Waals surface area contributed by atoms with Crippen LogP contribution in [0.5, 0.6) is 0 Å². The van der Waals surface area contributed by atoms with Gasteiger partial charge in [0.2, 0.25) is 0 Å². The molecule has 0 heterocycles. The molecule has 40 heavy (non-hydrogen) atoms. The van der Waals surface area contributed by atoms with Crippen molar-refractivity contribution in [1.82, 2.24) is 0 Å². The second kappa shape index (κ2) is 22.6. The third-order valence-electron chi connectivity index (χ3n) is 8.30. The van der Waals surface area contributed by atoms with Crippen molar-refractivity contribution in [2.75, 3.05) is 0 Å². The van der Waals surface area contributed by atoms with Crippen molar-refractivity contribution in [3.05, 3.63) is 0 Å². The first kappa shape index (κ1) is 48.0. The van der Waals surface area contributed by atoms with Crippen LogP contribution in [0.3, 0.4) is 0 Å². The summed E-state index contributed by atoms with van der Waals surface area (Å²) in [5, 5.41) is 58.3. The number of aliphatic hydroxyl groups excluding tert-OH is 6. The standard InChI is InChI=1S/3C11H24O2.Sm/c3*1-6-8(2)9(12)7-10(13)11(3,4)5;/h3*8-10,12-13H,6-7H2,1-5H3;. The maximum absolute atomic E-state index is 9.74. The van der Waals surface area contributed by atoms with Crippen molar-refractivity contribution in [1.29, 1.82) is 0 Å². The van der Waals surface area contributed by atoms with E-state index in [0.29, 0.717) is 19.3 Å². The first-order valence-electron chi connectivity index (χ1n) is 15.4. The fourth-order valence-electron chi connectivity index (χ4n) is 3.26. The molecule has 0 fully saturated rings. The molecule has 7 heteroatoms. The molecule has 0 saturated heterocycles. The molecule has 0 aliphatic rings. The molecule has 0 aliphatic carbocycles. The SMILES string of the molecule is CCC(C)C(O)CC(O)C(C)(C)C.CCC(C)C(O)CC(O)C(C)(C)C.CCC(C)C(O)CC(O)C(C)(C)C.[Sm]. The molecule has 0 aromatic rings. The van der Waals surface area contributed by atoms with Gasteiger partial charge in [-0.1, -0.05) is 123 Å². The van der Waals surface area contributed by atoms with E-state index in [1.54, 1.807) is 0 Å². The van der Waals surface area contributed by atoms with Crippen molar-refractivity contribution >= 4 is 0 Å². The van der Waals surface area contributed by atoms with Crippen molar-refractivity contribution in [3.63, 3.8) is 0 Å². The van der Waals surface area contributed by atoms with Gasteiger partial charge in [-0.2, -0.15) is 0 Å². The normalized spacial score (nSPS) is 19.1. The summed E-state index contributed by atoms with van der Waals surface area (Å²) in [6, 6.07) is 0. The van der Waals surface area contributed by atoms with Crippen molar-refractivity contribution in [3.8, 4) is 0 Å². The monoisotopic (exact) mass is 716 g/mol. The van der Waals surface area contributed by atoms with Gasteiger partial charge in [0.1, 0.15) is 0 Å². The van der Waals surface area contributed by atoms with Crippen LogP contribution >= 0.6 is 0 Å². The van der Waals surface area contributed by atoms with E-state index >= 15 is 0 Å². The predicted octanol–water partition coefficient (Wildman–Crippen LogP) is 6.57. The first-order valence-corrected chi connectivity index (χ1v) is 15.4. The van der Waals surface area contributed by atoms with Gasteiger partial charge in [-0.25, -0.2) is 0 Å². The van der Waals surface area contributed by atoms with Gasteiger partial charge in [-0.15, -0.1) is 0 Å². The smallest absolute Gasteiger partial charge is 0.0613 e. The van der Waals surface area contributed by atoms with Crippen molar-refractivity contribution < 1.29 is 71.0 Å². The molecule has 6 nitrogen and oxygen atoms in total. The Hall–Kier alpha value is 1.10. The summed E-state index contributed by atoms with van der Waals surface area (Å²) < 4.78 is 0. The molecule has 9 atom stereocenters. The molecular formula is C33H72O6Sm. The summed E-state index contributed by atoms with van der Waals surface area (Å²) in [4.78, 5) is 0. The summed E-state index contributed by atoms with van der Waals surface area (Å²) in [6.45, 7) is 30.1. The summed E-state index contributed by atoms with van der Waals surface area (Å²) in [7, 11) is 0. The first-order chi connectivity index (χ1) is 17.4. The van der Waals surface area contributed by atoms with E-state index in [1.165, 1.54) is 0 Å². The Morgan fingerprint density at radius 1 is 0.400 bits per heavy atom. The molecule has 6 N–H and O–H groups in total. The van der Waals surface area contributed by atoms with E-state index in [1.807, 2.05) is 83.1 Å². The second-order valence-electron chi connectivity index (χ2n) is 15.2. The van der Waals surface area contributed by atoms with E-state index in [2.05, 4.69) is 20.8 Å². The second-order valence-corrected chi connectivity index (χ2v) is 15.2. The van der Waals surface area contributed by atoms with Crippen molar-refractivity contribution in [2.45, 2.75) is 179 Å². The Labute approximate surface area is 282 Å². The van der Waals surface area contributed by atoms with Crippen LogP contribution in [0.15, 0.2) is 0 Å². The van der Waals surface area contributed by atoms with Crippen LogP contribution in [-0.4, -0.2) is 67.3 Å². The Kier molecular flexibility index (Phi) is 27.1. The molecule has 0 radical (unpaired) electrons. The van der Waals surface area contributed by atoms with E-state index in [4.69, 9.17) is 0 Å². The minimum absolute atomic E-state index is 0. The fraction of sp³-hybridized carbons (Fsp3) is 1.00. The van der Waals surface area contributed by atoms with E-state index in [-0.39, 0.29) is 92.7 Å². The average molecular weight is 715 g/mol. The number of aliphatic hydroxyl groups is 6. The molecule has 0 saturated carbocycles. The van der Waals surface area contributed by atoms with Crippen molar-refractivity contribution in [2.24, 2.45) is 34.0 Å². The molecule has 0 rings (SSSR count). The zero-order valence-electron chi connectivity index (χ0n) is 29.0. The Morgan fingerprint density at radius 3 is 0.650 bits per heavy atom. The number of rotatable bonds is 12. The fourth-order valence-corrected chi connectivity index (χ4v) is 3.26. The van der Waals surface area contributed by atoms with Gasteiger partial charge in [0.15, 0.2) is 0 Å². The van der Waals surface area contributed by atoms with Crippen LogP contribution in [0.1, 0.15) is 142 Å². The molecule has 0 aromatic carbocycles. The van der Waals surface area contributed by atoms with Crippen LogP contribution in [-0.2, 0) is 0 Å². The van der Waals surface area contributed by atoms with E-state index < -0.39 is 18.3 Å². The van der Waals surface area contributed by atoms with Gasteiger partial charge in [0.05, 0.1) is 36.6 Å². The van der Waals surface area contributed by atoms with Crippen LogP contribution < -0.4 is 0 Å². The van der Waals surface area contributed by atoms with Crippen LogP contribution in [0.4, 0.5) is 0 Å². The topological polar surface area (TPSA) is 121 Å². The molecule has 246 valence electrons. The average Bonchev–Trinajstić information content (AvgIpc) is 2.80. The molecule has 0 amide bonds. The van der Waals surface area contributed by atoms with Crippen LogP contribution in [0.25, 0.3) is 0 Å². The zero-order chi connectivity index (χ0) is 31.9. The summed E-state index contributed by atoms with van der Waals surface area (Å²) in [5.41, 5.74) is -0.392. The third-order valence-corrected chi connectivity index (χ3v) is 8.30. The number of hydrogen-bond acceptors (Lipinski definition) is 6. The van der Waals surface area contributed by atoms with Gasteiger partial charge >= 0.3 is 0 Å². The maximum Gasteiger partial charge on any atom is 0.0613 e. The largest absolute Gasteiger partial charge is 0.393 e. The summed E-state index contributed by atoms with van der Waals surface area (Å²) in [6.07, 6.45) is 1.94. The van der Waals surface area contributed by atoms with Gasteiger partial charge in [-0.3, -0.25) is 0 Å². The minimum atomic E-state index is -0.420. The third kappa shape index (κ3) is 23.5. The molecule has 0 aliphatic heterocycles. The molecule has 0 bridgehead atoms. The summed E-state index contributed by atoms with van der Waals surface area (Å²) in [5.74, 6) is 0.825. The van der Waals surface area contributed by atoms with E-state index in [0.717, 1.165) is 19.3 Å². The van der Waals surface area contributed by atoms with Crippen LogP contribution in [0, 0.1) is 74.4 Å². The quantitative estimate of drug-likeness (QED) is 0.136. The van der Waals surface area contributed by atoms with Gasteiger partial charge < -0.3 is 30.6 Å². The van der Waals surface area contributed by atoms with Crippen LogP contribution in [0.2, 0.25) is 0 Å². The zero-order valence-corrected chi connectivity index (χ0v) is 31.6. The molecule has 0 aromatic heterocycles. The molecule has 0 spiro atoms. The number of hydrogen-bond donors (Lipinski definition) is 6. The minimum Gasteiger partial charge on any atom is -0.393 e. The van der Waals surface area contributed by atoms with Gasteiger partial charge in [0, 0.05) is 40.4 Å². The van der Waals surface area contributed by atoms with Gasteiger partial charge in [0.25, 0.3) is 0 Å². The summed E-state index contributed by atoms with van der Waals surface area (Å²) >= 11 is 0. The Balaban J connectivity index is -0.000000240. The Morgan fingerprint density at radius 2 is 0.550 bits per heavy atom. The molecular weight excluding hydrogens is 643 g/mol. The van der Waals surface area contributed by atoms with Gasteiger partial charge in [-0.05, 0) is 53.3 Å². The predicted molar refractivity (Wildman–Crippen MR) is 167 cm³/mol.